The van der Waals surface area contributed by atoms with Gasteiger partial charge in [-0.25, -0.2) is 8.42 Å². The largest absolute Gasteiger partial charge is 0.493 e. The second kappa shape index (κ2) is 13.3. The van der Waals surface area contributed by atoms with Crippen LogP contribution in [0.25, 0.3) is 0 Å². The van der Waals surface area contributed by atoms with Gasteiger partial charge in [-0.15, -0.1) is 0 Å². The zero-order valence-corrected chi connectivity index (χ0v) is 23.6. The average Bonchev–Trinajstić information content (AvgIpc) is 2.97. The molecule has 0 bridgehead atoms. The number of hydrogen-bond acceptors (Lipinski definition) is 6. The van der Waals surface area contributed by atoms with Crippen LogP contribution in [0.2, 0.25) is 5.02 Å². The normalized spacial score (nSPS) is 11.2. The maximum atomic E-state index is 13.8. The Bertz CT molecular complexity index is 1550. The lowest BCUT2D eigenvalue weighted by Crippen LogP contribution is -2.39. The Balaban J connectivity index is 1.60. The number of nitrogens with one attached hydrogen (secondary N) is 1. The number of anilines is 1. The lowest BCUT2D eigenvalue weighted by molar-refractivity contribution is -0.116. The van der Waals surface area contributed by atoms with Crippen molar-refractivity contribution >= 4 is 33.2 Å². The van der Waals surface area contributed by atoms with E-state index in [9.17, 15) is 13.2 Å². The van der Waals surface area contributed by atoms with Crippen LogP contribution in [0.15, 0.2) is 102 Å². The Kier molecular flexibility index (Phi) is 9.65. The van der Waals surface area contributed by atoms with Crippen LogP contribution in [0, 0.1) is 0 Å². The molecule has 1 N–H and O–H groups in total. The average molecular weight is 581 g/mol. The molecule has 208 valence electrons. The third-order valence-electron chi connectivity index (χ3n) is 5.99. The monoisotopic (exact) mass is 580 g/mol. The minimum absolute atomic E-state index is 0.0260. The Labute approximate surface area is 239 Å². The summed E-state index contributed by atoms with van der Waals surface area (Å²) in [5.41, 5.74) is 1.25. The molecule has 40 heavy (non-hydrogen) atoms. The Morgan fingerprint density at radius 3 is 2.15 bits per heavy atom. The molecule has 0 aliphatic rings. The molecule has 0 saturated heterocycles. The van der Waals surface area contributed by atoms with E-state index in [0.717, 1.165) is 9.87 Å². The van der Waals surface area contributed by atoms with E-state index >= 15 is 0 Å². The van der Waals surface area contributed by atoms with E-state index in [-0.39, 0.29) is 17.2 Å². The van der Waals surface area contributed by atoms with Crippen LogP contribution in [0.1, 0.15) is 5.56 Å². The first-order valence-corrected chi connectivity index (χ1v) is 14.2. The number of rotatable bonds is 12. The molecule has 8 nitrogen and oxygen atoms in total. The summed E-state index contributed by atoms with van der Waals surface area (Å²) in [5, 5.41) is 3.15. The minimum Gasteiger partial charge on any atom is -0.493 e. The predicted octanol–water partition coefficient (Wildman–Crippen LogP) is 6.02. The summed E-state index contributed by atoms with van der Waals surface area (Å²) in [7, 11) is -1.21. The smallest absolute Gasteiger partial charge is 0.243 e. The minimum atomic E-state index is -4.10. The quantitative estimate of drug-likeness (QED) is 0.220. The summed E-state index contributed by atoms with van der Waals surface area (Å²) in [4.78, 5) is 13.3. The SMILES string of the molecule is COc1ccc(S(=O)(=O)N(CCc2ccccc2)CC(=O)Nc2cc(Cl)ccc2Oc2ccccc2)cc1OC. The highest BCUT2D eigenvalue weighted by Crippen LogP contribution is 2.33. The van der Waals surface area contributed by atoms with Crippen molar-refractivity contribution < 1.29 is 27.4 Å². The molecule has 0 spiro atoms. The van der Waals surface area contributed by atoms with Crippen molar-refractivity contribution in [2.24, 2.45) is 0 Å². The maximum absolute atomic E-state index is 13.8. The standard InChI is InChI=1S/C30H29ClN2O6S/c1-37-28-16-14-25(20-29(28)38-2)40(35,36)33(18-17-22-9-5-3-6-10-22)21-30(34)32-26-19-23(31)13-15-27(26)39-24-11-7-4-8-12-24/h3-16,19-20H,17-18,21H2,1-2H3,(H,32,34). The van der Waals surface area contributed by atoms with Crippen LogP contribution in [0.3, 0.4) is 0 Å². The van der Waals surface area contributed by atoms with E-state index in [2.05, 4.69) is 5.32 Å². The van der Waals surface area contributed by atoms with Gasteiger partial charge in [0.25, 0.3) is 0 Å². The van der Waals surface area contributed by atoms with Crippen molar-refractivity contribution in [2.45, 2.75) is 11.3 Å². The highest BCUT2D eigenvalue weighted by atomic mass is 35.5. The summed E-state index contributed by atoms with van der Waals surface area (Å²) in [5.74, 6) is 1.03. The number of carbonyl (C=O) groups excluding carboxylic acids is 1. The van der Waals surface area contributed by atoms with Gasteiger partial charge in [-0.05, 0) is 54.4 Å². The molecule has 0 atom stereocenters. The fourth-order valence-electron chi connectivity index (χ4n) is 3.96. The van der Waals surface area contributed by atoms with Crippen molar-refractivity contribution in [2.75, 3.05) is 32.6 Å². The van der Waals surface area contributed by atoms with Crippen LogP contribution < -0.4 is 19.5 Å². The van der Waals surface area contributed by atoms with Gasteiger partial charge in [0.2, 0.25) is 15.9 Å². The van der Waals surface area contributed by atoms with Gasteiger partial charge in [-0.3, -0.25) is 4.79 Å². The third-order valence-corrected chi connectivity index (χ3v) is 8.07. The lowest BCUT2D eigenvalue weighted by atomic mass is 10.1. The number of sulfonamides is 1. The second-order valence-corrected chi connectivity index (χ2v) is 11.1. The number of halogens is 1. The van der Waals surface area contributed by atoms with Crippen molar-refractivity contribution in [1.82, 2.24) is 4.31 Å². The fourth-order valence-corrected chi connectivity index (χ4v) is 5.55. The van der Waals surface area contributed by atoms with E-state index in [1.165, 1.54) is 32.4 Å². The molecule has 0 heterocycles. The molecule has 1 amide bonds. The van der Waals surface area contributed by atoms with Crippen molar-refractivity contribution in [1.29, 1.82) is 0 Å². The fraction of sp³-hybridized carbons (Fsp3) is 0.167. The van der Waals surface area contributed by atoms with Gasteiger partial charge in [-0.1, -0.05) is 60.1 Å². The van der Waals surface area contributed by atoms with Crippen LogP contribution in [-0.2, 0) is 21.2 Å². The molecule has 0 unspecified atom stereocenters. The Hall–Kier alpha value is -4.05. The molecule has 0 aliphatic carbocycles. The van der Waals surface area contributed by atoms with E-state index in [4.69, 9.17) is 25.8 Å². The molecular weight excluding hydrogens is 552 g/mol. The van der Waals surface area contributed by atoms with Gasteiger partial charge in [0.05, 0.1) is 31.3 Å². The summed E-state index contributed by atoms with van der Waals surface area (Å²) < 4.78 is 45.2. The van der Waals surface area contributed by atoms with Gasteiger partial charge in [0, 0.05) is 17.6 Å². The number of amides is 1. The van der Waals surface area contributed by atoms with Crippen molar-refractivity contribution in [3.05, 3.63) is 108 Å². The van der Waals surface area contributed by atoms with Gasteiger partial charge < -0.3 is 19.5 Å². The van der Waals surface area contributed by atoms with Crippen LogP contribution in [0.5, 0.6) is 23.0 Å². The zero-order valence-electron chi connectivity index (χ0n) is 22.0. The number of nitrogens with zero attached hydrogens (tertiary/aromatic N) is 1. The highest BCUT2D eigenvalue weighted by molar-refractivity contribution is 7.89. The topological polar surface area (TPSA) is 94.2 Å². The number of methoxy groups -OCH3 is 2. The van der Waals surface area contributed by atoms with E-state index in [1.807, 2.05) is 48.5 Å². The van der Waals surface area contributed by atoms with Crippen LogP contribution in [0.4, 0.5) is 5.69 Å². The number of benzene rings is 4. The van der Waals surface area contributed by atoms with Gasteiger partial charge in [0.15, 0.2) is 17.2 Å². The van der Waals surface area contributed by atoms with Gasteiger partial charge in [0.1, 0.15) is 5.75 Å². The number of para-hydroxylation sites is 1. The molecule has 4 aromatic rings. The molecule has 0 saturated carbocycles. The summed E-state index contributed by atoms with van der Waals surface area (Å²) in [6.07, 6.45) is 0.403. The Morgan fingerprint density at radius 1 is 0.825 bits per heavy atom. The first-order chi connectivity index (χ1) is 19.3. The molecule has 0 fully saturated rings. The van der Waals surface area contributed by atoms with Gasteiger partial charge >= 0.3 is 0 Å². The second-order valence-electron chi connectivity index (χ2n) is 8.69. The lowest BCUT2D eigenvalue weighted by Gasteiger charge is -2.23. The maximum Gasteiger partial charge on any atom is 0.243 e. The zero-order chi connectivity index (χ0) is 28.5. The molecular formula is C30H29ClN2O6S. The van der Waals surface area contributed by atoms with Crippen molar-refractivity contribution in [3.63, 3.8) is 0 Å². The van der Waals surface area contributed by atoms with Crippen molar-refractivity contribution in [3.8, 4) is 23.0 Å². The van der Waals surface area contributed by atoms with Crippen LogP contribution >= 0.6 is 11.6 Å². The summed E-state index contributed by atoms with van der Waals surface area (Å²) >= 11 is 6.20. The summed E-state index contributed by atoms with van der Waals surface area (Å²) in [6, 6.07) is 27.7. The summed E-state index contributed by atoms with van der Waals surface area (Å²) in [6.45, 7) is -0.377. The molecule has 0 aromatic heterocycles. The predicted molar refractivity (Wildman–Crippen MR) is 155 cm³/mol. The molecule has 4 rings (SSSR count). The number of hydrogen-bond donors (Lipinski definition) is 1. The van der Waals surface area contributed by atoms with E-state index in [0.29, 0.717) is 34.4 Å². The first kappa shape index (κ1) is 28.9. The Morgan fingerprint density at radius 2 is 1.48 bits per heavy atom. The molecule has 4 aromatic carbocycles. The van der Waals surface area contributed by atoms with E-state index < -0.39 is 22.5 Å². The van der Waals surface area contributed by atoms with E-state index in [1.54, 1.807) is 30.3 Å². The first-order valence-electron chi connectivity index (χ1n) is 12.4. The highest BCUT2D eigenvalue weighted by Gasteiger charge is 2.28. The number of carbonyl (C=O) groups is 1. The molecule has 0 radical (unpaired) electrons. The molecule has 0 aliphatic heterocycles. The number of ether oxygens (including phenoxy) is 3. The molecule has 10 heteroatoms. The van der Waals surface area contributed by atoms with Gasteiger partial charge in [-0.2, -0.15) is 4.31 Å². The third kappa shape index (κ3) is 7.32. The van der Waals surface area contributed by atoms with Crippen LogP contribution in [-0.4, -0.2) is 45.9 Å².